The molecule has 0 aliphatic rings. The molecule has 0 aliphatic heterocycles. The monoisotopic (exact) mass is 406 g/mol. The van der Waals surface area contributed by atoms with Gasteiger partial charge in [-0.2, -0.15) is 0 Å². The van der Waals surface area contributed by atoms with Gasteiger partial charge in [-0.05, 0) is 29.5 Å². The molecule has 0 saturated heterocycles. The average molecular weight is 406 g/mol. The van der Waals surface area contributed by atoms with Crippen molar-refractivity contribution in [1.29, 1.82) is 0 Å². The van der Waals surface area contributed by atoms with Crippen LogP contribution in [0, 0.1) is 13.7 Å². The van der Waals surface area contributed by atoms with Crippen LogP contribution >= 0.6 is 22.6 Å². The molecule has 0 saturated carbocycles. The van der Waals surface area contributed by atoms with E-state index in [9.17, 15) is 28.1 Å². The predicted molar refractivity (Wildman–Crippen MR) is 66.2 cm³/mol. The predicted octanol–water partition coefficient (Wildman–Crippen LogP) is 2.67. The van der Waals surface area contributed by atoms with Crippen LogP contribution in [0.4, 0.5) is 18.9 Å². The molecule has 110 valence electrons. The van der Waals surface area contributed by atoms with Crippen molar-refractivity contribution in [2.75, 3.05) is 6.61 Å². The van der Waals surface area contributed by atoms with Crippen LogP contribution in [0.25, 0.3) is 0 Å². The Balaban J connectivity index is 3.35. The fraction of sp³-hybridized carbons (Fsp3) is 0.333. The lowest BCUT2D eigenvalue weighted by molar-refractivity contribution is -0.386. The molecule has 1 rings (SSSR count). The molecule has 0 atom stereocenters. The van der Waals surface area contributed by atoms with E-state index in [0.717, 1.165) is 6.07 Å². The summed E-state index contributed by atoms with van der Waals surface area (Å²) >= 11 is 1.28. The van der Waals surface area contributed by atoms with Gasteiger partial charge in [0.2, 0.25) is 5.88 Å². The first kappa shape index (κ1) is 16.4. The highest BCUT2D eigenvalue weighted by Crippen LogP contribution is 2.32. The summed E-state index contributed by atoms with van der Waals surface area (Å²) in [6.07, 6.45) is -5.09. The van der Waals surface area contributed by atoms with Crippen LogP contribution < -0.4 is 4.74 Å². The third-order valence-corrected chi connectivity index (χ3v) is 2.82. The van der Waals surface area contributed by atoms with E-state index in [1.165, 1.54) is 29.5 Å². The minimum atomic E-state index is -5.09. The summed E-state index contributed by atoms with van der Waals surface area (Å²) in [6, 6.07) is 0.725. The average Bonchev–Trinajstić information content (AvgIpc) is 2.29. The SMILES string of the molecule is CCOC(=O)c1cc([N+](=O)[O-])c(I)c(OC(F)(F)F)n1. The Morgan fingerprint density at radius 1 is 1.55 bits per heavy atom. The van der Waals surface area contributed by atoms with Crippen molar-refractivity contribution in [3.8, 4) is 5.88 Å². The molecule has 0 bridgehead atoms. The molecule has 1 heterocycles. The van der Waals surface area contributed by atoms with E-state index in [1.54, 1.807) is 0 Å². The van der Waals surface area contributed by atoms with Crippen molar-refractivity contribution in [2.24, 2.45) is 0 Å². The van der Waals surface area contributed by atoms with Crippen molar-refractivity contribution in [3.05, 3.63) is 25.4 Å². The minimum Gasteiger partial charge on any atom is -0.461 e. The Hall–Kier alpha value is -1.66. The van der Waals surface area contributed by atoms with Crippen LogP contribution in [-0.4, -0.2) is 28.8 Å². The van der Waals surface area contributed by atoms with Gasteiger partial charge in [-0.3, -0.25) is 10.1 Å². The van der Waals surface area contributed by atoms with Gasteiger partial charge in [-0.15, -0.1) is 13.2 Å². The largest absolute Gasteiger partial charge is 0.574 e. The number of carbonyl (C=O) groups is 1. The summed E-state index contributed by atoms with van der Waals surface area (Å²) in [5, 5.41) is 10.8. The van der Waals surface area contributed by atoms with Crippen molar-refractivity contribution >= 4 is 34.2 Å². The van der Waals surface area contributed by atoms with E-state index in [-0.39, 0.29) is 6.61 Å². The Labute approximate surface area is 123 Å². The standard InChI is InChI=1S/C9H6F3IN2O5/c1-2-19-8(16)4-3-5(15(17)18)6(13)7(14-4)20-9(10,11)12/h3H,2H2,1H3. The first-order valence-electron chi connectivity index (χ1n) is 4.93. The molecule has 0 aromatic carbocycles. The van der Waals surface area contributed by atoms with Crippen LogP contribution in [0.3, 0.4) is 0 Å². The number of alkyl halides is 3. The van der Waals surface area contributed by atoms with E-state index in [2.05, 4.69) is 14.5 Å². The summed E-state index contributed by atoms with van der Waals surface area (Å²) in [5.41, 5.74) is -1.37. The Morgan fingerprint density at radius 2 is 2.15 bits per heavy atom. The molecular weight excluding hydrogens is 400 g/mol. The van der Waals surface area contributed by atoms with Gasteiger partial charge >= 0.3 is 12.3 Å². The molecule has 0 radical (unpaired) electrons. The number of nitro groups is 1. The van der Waals surface area contributed by atoms with Crippen molar-refractivity contribution in [1.82, 2.24) is 4.98 Å². The summed E-state index contributed by atoms with van der Waals surface area (Å²) in [7, 11) is 0. The molecule has 0 fully saturated rings. The lowest BCUT2D eigenvalue weighted by Crippen LogP contribution is -2.20. The second-order valence-corrected chi connectivity index (χ2v) is 4.25. The van der Waals surface area contributed by atoms with E-state index >= 15 is 0 Å². The number of hydrogen-bond acceptors (Lipinski definition) is 6. The fourth-order valence-electron chi connectivity index (χ4n) is 1.11. The number of halogens is 4. The normalized spacial score (nSPS) is 11.1. The summed E-state index contributed by atoms with van der Waals surface area (Å²) < 4.78 is 44.2. The highest BCUT2D eigenvalue weighted by Gasteiger charge is 2.35. The zero-order chi connectivity index (χ0) is 15.5. The second-order valence-electron chi connectivity index (χ2n) is 3.17. The van der Waals surface area contributed by atoms with Crippen molar-refractivity contribution in [2.45, 2.75) is 13.3 Å². The van der Waals surface area contributed by atoms with Gasteiger partial charge in [0.05, 0.1) is 17.6 Å². The lowest BCUT2D eigenvalue weighted by atomic mass is 10.3. The minimum absolute atomic E-state index is 0.0598. The molecule has 20 heavy (non-hydrogen) atoms. The number of esters is 1. The van der Waals surface area contributed by atoms with Crippen LogP contribution in [-0.2, 0) is 4.74 Å². The van der Waals surface area contributed by atoms with Gasteiger partial charge in [0.25, 0.3) is 5.69 Å². The lowest BCUT2D eigenvalue weighted by Gasteiger charge is -2.10. The quantitative estimate of drug-likeness (QED) is 0.331. The molecule has 0 unspecified atom stereocenters. The maximum Gasteiger partial charge on any atom is 0.574 e. The number of carbonyl (C=O) groups excluding carboxylic acids is 1. The molecule has 11 heteroatoms. The maximum atomic E-state index is 12.2. The summed E-state index contributed by atoms with van der Waals surface area (Å²) in [6.45, 7) is 1.40. The van der Waals surface area contributed by atoms with Gasteiger partial charge < -0.3 is 9.47 Å². The first-order valence-corrected chi connectivity index (χ1v) is 6.01. The van der Waals surface area contributed by atoms with E-state index in [0.29, 0.717) is 0 Å². The summed E-state index contributed by atoms with van der Waals surface area (Å²) in [4.78, 5) is 24.5. The maximum absolute atomic E-state index is 12.2. The first-order chi connectivity index (χ1) is 9.15. The zero-order valence-electron chi connectivity index (χ0n) is 9.73. The number of hydrogen-bond donors (Lipinski definition) is 0. The van der Waals surface area contributed by atoms with Gasteiger partial charge in [0.15, 0.2) is 9.26 Å². The van der Waals surface area contributed by atoms with Crippen LogP contribution in [0.1, 0.15) is 17.4 Å². The molecule has 0 N–H and O–H groups in total. The van der Waals surface area contributed by atoms with Gasteiger partial charge in [-0.1, -0.05) is 0 Å². The third kappa shape index (κ3) is 4.18. The zero-order valence-corrected chi connectivity index (χ0v) is 11.9. The molecule has 1 aromatic heterocycles. The molecule has 7 nitrogen and oxygen atoms in total. The van der Waals surface area contributed by atoms with Crippen LogP contribution in [0.2, 0.25) is 0 Å². The van der Waals surface area contributed by atoms with Gasteiger partial charge in [0.1, 0.15) is 0 Å². The van der Waals surface area contributed by atoms with Gasteiger partial charge in [-0.25, -0.2) is 9.78 Å². The second kappa shape index (κ2) is 6.19. The fourth-order valence-corrected chi connectivity index (χ4v) is 1.70. The molecule has 0 spiro atoms. The third-order valence-electron chi connectivity index (χ3n) is 1.80. The van der Waals surface area contributed by atoms with E-state index in [1.807, 2.05) is 0 Å². The molecular formula is C9H6F3IN2O5. The highest BCUT2D eigenvalue weighted by atomic mass is 127. The number of ether oxygens (including phenoxy) is 2. The Morgan fingerprint density at radius 3 is 2.60 bits per heavy atom. The van der Waals surface area contributed by atoms with Crippen molar-refractivity contribution in [3.63, 3.8) is 0 Å². The number of rotatable bonds is 4. The number of nitrogens with zero attached hydrogens (tertiary/aromatic N) is 2. The number of aromatic nitrogens is 1. The topological polar surface area (TPSA) is 91.6 Å². The molecule has 0 aliphatic carbocycles. The van der Waals surface area contributed by atoms with E-state index < -0.39 is 38.1 Å². The van der Waals surface area contributed by atoms with Crippen molar-refractivity contribution < 1.29 is 32.4 Å². The van der Waals surface area contributed by atoms with Crippen LogP contribution in [0.15, 0.2) is 6.07 Å². The van der Waals surface area contributed by atoms with Gasteiger partial charge in [0, 0.05) is 0 Å². The summed E-state index contributed by atoms with van der Waals surface area (Å²) in [5.74, 6) is -2.16. The Bertz CT molecular complexity index is 549. The molecule has 1 aromatic rings. The Kier molecular flexibility index (Phi) is 5.08. The smallest absolute Gasteiger partial charge is 0.461 e. The number of pyridine rings is 1. The molecule has 0 amide bonds. The van der Waals surface area contributed by atoms with E-state index in [4.69, 9.17) is 0 Å². The highest BCUT2D eigenvalue weighted by molar-refractivity contribution is 14.1. The van der Waals surface area contributed by atoms with Crippen LogP contribution in [0.5, 0.6) is 5.88 Å².